The van der Waals surface area contributed by atoms with E-state index in [9.17, 15) is 0 Å². The van der Waals surface area contributed by atoms with Gasteiger partial charge in [0.05, 0.1) is 66.7 Å². The first kappa shape index (κ1) is 36.8. The van der Waals surface area contributed by atoms with Gasteiger partial charge in [0.1, 0.15) is 11.5 Å². The van der Waals surface area contributed by atoms with Crippen LogP contribution >= 0.6 is 22.7 Å². The zero-order chi connectivity index (χ0) is 35.9. The molecule has 0 aliphatic carbocycles. The smallest absolute Gasteiger partial charge is 0.142 e. The van der Waals surface area contributed by atoms with E-state index in [1.165, 1.54) is 9.75 Å². The fraction of sp³-hybridized carbons (Fsp3) is 0.333. The molecule has 0 radical (unpaired) electrons. The third-order valence-corrected chi connectivity index (χ3v) is 11.1. The van der Waals surface area contributed by atoms with Gasteiger partial charge >= 0.3 is 0 Å². The second-order valence-electron chi connectivity index (χ2n) is 13.3. The number of aromatic amines is 2. The molecule has 2 aliphatic heterocycles. The van der Waals surface area contributed by atoms with E-state index in [4.69, 9.17) is 14.2 Å². The summed E-state index contributed by atoms with van der Waals surface area (Å²) in [6, 6.07) is 24.4. The molecule has 0 atom stereocenters. The molecule has 274 valence electrons. The number of hydrogen-bond acceptors (Lipinski definition) is 9. The molecule has 11 heteroatoms. The molecule has 2 saturated heterocycles. The van der Waals surface area contributed by atoms with Gasteiger partial charge in [0, 0.05) is 60.7 Å². The summed E-state index contributed by atoms with van der Waals surface area (Å²) in [5, 5.41) is 4.26. The average molecular weight is 747 g/mol. The Hall–Kier alpha value is -4.54. The van der Waals surface area contributed by atoms with Crippen molar-refractivity contribution in [2.75, 3.05) is 26.2 Å². The second-order valence-corrected chi connectivity index (χ2v) is 15.3. The summed E-state index contributed by atoms with van der Waals surface area (Å²) < 4.78 is 18.0. The number of nitrogens with zero attached hydrogens (tertiary/aromatic N) is 4. The molecule has 0 spiro atoms. The van der Waals surface area contributed by atoms with Crippen LogP contribution in [0.5, 0.6) is 11.5 Å². The van der Waals surface area contributed by atoms with Gasteiger partial charge in [-0.05, 0) is 67.5 Å². The third-order valence-electron chi connectivity index (χ3n) is 9.33. The van der Waals surface area contributed by atoms with E-state index >= 15 is 0 Å². The number of hydrogen-bond donors (Lipinski definition) is 2. The Labute approximate surface area is 320 Å². The molecular formula is C42H46N6O3S2. The topological polar surface area (TPSA) is 91.5 Å². The molecule has 6 heterocycles. The van der Waals surface area contributed by atoms with Gasteiger partial charge in [0.15, 0.2) is 0 Å². The summed E-state index contributed by atoms with van der Waals surface area (Å²) in [6.45, 7) is 7.45. The van der Waals surface area contributed by atoms with Gasteiger partial charge in [-0.3, -0.25) is 9.80 Å². The predicted octanol–water partition coefficient (Wildman–Crippen LogP) is 8.50. The fourth-order valence-corrected chi connectivity index (χ4v) is 8.08. The molecule has 2 aliphatic rings. The highest BCUT2D eigenvalue weighted by Crippen LogP contribution is 2.31. The number of H-pyrrole nitrogens is 2. The number of rotatable bonds is 12. The summed E-state index contributed by atoms with van der Waals surface area (Å²) in [7, 11) is 0. The minimum Gasteiger partial charge on any atom is -0.456 e. The van der Waals surface area contributed by atoms with Crippen molar-refractivity contribution in [3.8, 4) is 23.3 Å². The van der Waals surface area contributed by atoms with Crippen LogP contribution in [0.25, 0.3) is 0 Å². The zero-order valence-electron chi connectivity index (χ0n) is 29.9. The maximum absolute atomic E-state index is 6.04. The van der Waals surface area contributed by atoms with Gasteiger partial charge in [-0.2, -0.15) is 0 Å². The van der Waals surface area contributed by atoms with E-state index in [1.54, 1.807) is 35.3 Å². The molecule has 0 saturated carbocycles. The number of para-hydroxylation sites is 1. The van der Waals surface area contributed by atoms with Crippen molar-refractivity contribution in [2.24, 2.45) is 0 Å². The SMILES string of the molecule is C(#Cc1csc(CN2CCC(OCc3cnc[nH]3)CC2)c1)c1ccccc1.c1ccc(Oc2ccsc2CN2CCC(OCc3cnc[nH]3)CC2)cc1. The van der Waals surface area contributed by atoms with E-state index in [0.717, 1.165) is 99.0 Å². The molecule has 2 fully saturated rings. The summed E-state index contributed by atoms with van der Waals surface area (Å²) in [4.78, 5) is 21.9. The first-order valence-electron chi connectivity index (χ1n) is 18.3. The Morgan fingerprint density at radius 1 is 0.679 bits per heavy atom. The van der Waals surface area contributed by atoms with Crippen molar-refractivity contribution in [2.45, 2.75) is 64.2 Å². The number of nitrogens with one attached hydrogen (secondary N) is 2. The van der Waals surface area contributed by atoms with Gasteiger partial charge in [-0.25, -0.2) is 9.97 Å². The van der Waals surface area contributed by atoms with Gasteiger partial charge in [-0.15, -0.1) is 22.7 Å². The predicted molar refractivity (Wildman–Crippen MR) is 211 cm³/mol. The lowest BCUT2D eigenvalue weighted by Crippen LogP contribution is -2.36. The first-order chi connectivity index (χ1) is 26.2. The largest absolute Gasteiger partial charge is 0.456 e. The molecule has 2 aromatic carbocycles. The maximum atomic E-state index is 6.04. The van der Waals surface area contributed by atoms with Gasteiger partial charge in [-0.1, -0.05) is 48.2 Å². The van der Waals surface area contributed by atoms with Gasteiger partial charge in [0.2, 0.25) is 0 Å². The van der Waals surface area contributed by atoms with Crippen molar-refractivity contribution in [3.05, 3.63) is 141 Å². The molecule has 0 amide bonds. The maximum Gasteiger partial charge on any atom is 0.142 e. The lowest BCUT2D eigenvalue weighted by Gasteiger charge is -2.31. The monoisotopic (exact) mass is 746 g/mol. The van der Waals surface area contributed by atoms with Crippen LogP contribution in [0.2, 0.25) is 0 Å². The molecule has 0 bridgehead atoms. The van der Waals surface area contributed by atoms with Crippen LogP contribution in [0.3, 0.4) is 0 Å². The normalized spacial score (nSPS) is 15.7. The number of thiophene rings is 2. The van der Waals surface area contributed by atoms with E-state index in [0.29, 0.717) is 25.4 Å². The zero-order valence-corrected chi connectivity index (χ0v) is 31.5. The lowest BCUT2D eigenvalue weighted by atomic mass is 10.1. The Balaban J connectivity index is 0.000000164. The summed E-state index contributed by atoms with van der Waals surface area (Å²) in [6.07, 6.45) is 12.0. The second kappa shape index (κ2) is 19.5. The van der Waals surface area contributed by atoms with Crippen LogP contribution in [0, 0.1) is 11.8 Å². The number of likely N-dealkylation sites (tertiary alicyclic amines) is 2. The Bertz CT molecular complexity index is 1950. The summed E-state index contributed by atoms with van der Waals surface area (Å²) in [5.74, 6) is 8.36. The van der Waals surface area contributed by atoms with E-state index in [-0.39, 0.29) is 0 Å². The Morgan fingerprint density at radius 3 is 1.87 bits per heavy atom. The molecule has 9 nitrogen and oxygen atoms in total. The highest BCUT2D eigenvalue weighted by molar-refractivity contribution is 7.10. The first-order valence-corrected chi connectivity index (χ1v) is 20.0. The van der Waals surface area contributed by atoms with Crippen LogP contribution in [-0.2, 0) is 35.8 Å². The van der Waals surface area contributed by atoms with Gasteiger partial charge < -0.3 is 24.2 Å². The molecule has 53 heavy (non-hydrogen) atoms. The number of piperidine rings is 2. The average Bonchev–Trinajstić information content (AvgIpc) is 4.05. The lowest BCUT2D eigenvalue weighted by molar-refractivity contribution is -0.00505. The fourth-order valence-electron chi connectivity index (χ4n) is 6.38. The molecule has 6 aromatic rings. The molecule has 8 rings (SSSR count). The summed E-state index contributed by atoms with van der Waals surface area (Å²) >= 11 is 3.56. The minimum atomic E-state index is 0.331. The van der Waals surface area contributed by atoms with Gasteiger partial charge in [0.25, 0.3) is 0 Å². The minimum absolute atomic E-state index is 0.331. The van der Waals surface area contributed by atoms with E-state index in [2.05, 4.69) is 64.5 Å². The van der Waals surface area contributed by atoms with E-state index in [1.807, 2.05) is 73.1 Å². The molecular weight excluding hydrogens is 701 g/mol. The number of benzene rings is 2. The van der Waals surface area contributed by atoms with Crippen molar-refractivity contribution >= 4 is 22.7 Å². The molecule has 2 N–H and O–H groups in total. The van der Waals surface area contributed by atoms with Crippen molar-refractivity contribution < 1.29 is 14.2 Å². The van der Waals surface area contributed by atoms with Crippen molar-refractivity contribution in [1.29, 1.82) is 0 Å². The Morgan fingerprint density at radius 2 is 1.26 bits per heavy atom. The highest BCUT2D eigenvalue weighted by atomic mass is 32.1. The number of imidazole rings is 2. The summed E-state index contributed by atoms with van der Waals surface area (Å²) in [5.41, 5.74) is 4.24. The van der Waals surface area contributed by atoms with Crippen LogP contribution in [-0.4, -0.2) is 68.1 Å². The highest BCUT2D eigenvalue weighted by Gasteiger charge is 2.22. The van der Waals surface area contributed by atoms with Crippen LogP contribution < -0.4 is 4.74 Å². The van der Waals surface area contributed by atoms with Crippen LogP contribution in [0.1, 0.15) is 58.0 Å². The van der Waals surface area contributed by atoms with Crippen molar-refractivity contribution in [1.82, 2.24) is 29.7 Å². The van der Waals surface area contributed by atoms with E-state index < -0.39 is 0 Å². The van der Waals surface area contributed by atoms with Crippen LogP contribution in [0.15, 0.2) is 109 Å². The molecule has 4 aromatic heterocycles. The standard InChI is InChI=1S/C22H23N3OS.C20H23N3O2S/c1-2-4-18(5-3-1)6-7-19-12-22(27-16-19)14-25-10-8-21(9-11-25)26-15-20-13-23-17-24-20;1-2-4-18(5-3-1)25-19-8-11-26-20(19)13-23-9-6-17(7-10-23)24-14-16-12-21-15-22-16/h1-5,12-13,16-17,21H,8-11,14-15H2,(H,23,24);1-5,8,11-12,15,17H,6-7,9-10,13-14H2,(H,21,22). The third kappa shape index (κ3) is 11.7. The van der Waals surface area contributed by atoms with Crippen LogP contribution in [0.4, 0.5) is 0 Å². The number of ether oxygens (including phenoxy) is 3. The number of aromatic nitrogens is 4. The van der Waals surface area contributed by atoms with Crippen molar-refractivity contribution in [3.63, 3.8) is 0 Å². The molecule has 0 unspecified atom stereocenters. The quantitative estimate of drug-likeness (QED) is 0.121. The Kier molecular flexibility index (Phi) is 13.5.